The molecule has 0 aromatic carbocycles. The van der Waals surface area contributed by atoms with E-state index in [9.17, 15) is 0 Å². The van der Waals surface area contributed by atoms with E-state index in [0.717, 1.165) is 25.2 Å². The van der Waals surface area contributed by atoms with Crippen LogP contribution < -0.4 is 0 Å². The molecule has 82 valence electrons. The summed E-state index contributed by atoms with van der Waals surface area (Å²) >= 11 is 0. The molecule has 1 fully saturated rings. The van der Waals surface area contributed by atoms with Gasteiger partial charge in [-0.1, -0.05) is 0 Å². The first-order valence-electron chi connectivity index (χ1n) is 5.42. The SMILES string of the molecule is C[C@@H](c1cnccn1)N1CC[C@@H](CO)C1. The van der Waals surface area contributed by atoms with Gasteiger partial charge in [-0.2, -0.15) is 0 Å². The highest BCUT2D eigenvalue weighted by Crippen LogP contribution is 2.25. The molecule has 4 heteroatoms. The minimum absolute atomic E-state index is 0.295. The number of rotatable bonds is 3. The minimum atomic E-state index is 0.295. The van der Waals surface area contributed by atoms with E-state index in [0.29, 0.717) is 18.6 Å². The number of aliphatic hydroxyl groups excluding tert-OH is 1. The lowest BCUT2D eigenvalue weighted by Crippen LogP contribution is -2.25. The molecule has 4 nitrogen and oxygen atoms in total. The largest absolute Gasteiger partial charge is 0.396 e. The molecule has 0 amide bonds. The Morgan fingerprint density at radius 1 is 1.60 bits per heavy atom. The summed E-state index contributed by atoms with van der Waals surface area (Å²) in [5.74, 6) is 0.434. The van der Waals surface area contributed by atoms with E-state index < -0.39 is 0 Å². The number of hydrogen-bond acceptors (Lipinski definition) is 4. The lowest BCUT2D eigenvalue weighted by atomic mass is 10.1. The zero-order valence-corrected chi connectivity index (χ0v) is 9.00. The molecular weight excluding hydrogens is 190 g/mol. The lowest BCUT2D eigenvalue weighted by Gasteiger charge is -2.23. The van der Waals surface area contributed by atoms with Crippen LogP contribution in [0.4, 0.5) is 0 Å². The number of aliphatic hydroxyl groups is 1. The van der Waals surface area contributed by atoms with Gasteiger partial charge in [-0.15, -0.1) is 0 Å². The first kappa shape index (κ1) is 10.5. The fourth-order valence-electron chi connectivity index (χ4n) is 2.08. The van der Waals surface area contributed by atoms with E-state index in [1.54, 1.807) is 12.4 Å². The maximum absolute atomic E-state index is 9.08. The van der Waals surface area contributed by atoms with Crippen molar-refractivity contribution >= 4 is 0 Å². The molecule has 1 saturated heterocycles. The van der Waals surface area contributed by atoms with Gasteiger partial charge in [0.15, 0.2) is 0 Å². The Morgan fingerprint density at radius 2 is 2.47 bits per heavy atom. The Morgan fingerprint density at radius 3 is 3.07 bits per heavy atom. The van der Waals surface area contributed by atoms with Gasteiger partial charge in [0.25, 0.3) is 0 Å². The molecule has 0 unspecified atom stereocenters. The van der Waals surface area contributed by atoms with Gasteiger partial charge in [0.2, 0.25) is 0 Å². The van der Waals surface area contributed by atoms with Crippen LogP contribution in [-0.2, 0) is 0 Å². The first-order chi connectivity index (χ1) is 7.31. The standard InChI is InChI=1S/C11H17N3O/c1-9(11-6-12-3-4-13-11)14-5-2-10(7-14)8-15/h3-4,6,9-10,15H,2,5,7-8H2,1H3/t9-,10+/m0/s1. The van der Waals surface area contributed by atoms with Crippen LogP contribution in [0.3, 0.4) is 0 Å². The van der Waals surface area contributed by atoms with Gasteiger partial charge in [0.1, 0.15) is 0 Å². The van der Waals surface area contributed by atoms with Gasteiger partial charge >= 0.3 is 0 Å². The number of likely N-dealkylation sites (tertiary alicyclic amines) is 1. The van der Waals surface area contributed by atoms with E-state index in [2.05, 4.69) is 21.8 Å². The van der Waals surface area contributed by atoms with Crippen LogP contribution >= 0.6 is 0 Å². The third kappa shape index (κ3) is 2.33. The van der Waals surface area contributed by atoms with E-state index in [1.165, 1.54) is 0 Å². The summed E-state index contributed by atoms with van der Waals surface area (Å²) in [4.78, 5) is 10.7. The predicted molar refractivity (Wildman–Crippen MR) is 57.2 cm³/mol. The molecule has 0 spiro atoms. The summed E-state index contributed by atoms with van der Waals surface area (Å²) in [7, 11) is 0. The highest BCUT2D eigenvalue weighted by atomic mass is 16.3. The van der Waals surface area contributed by atoms with Crippen LogP contribution in [0.15, 0.2) is 18.6 Å². The van der Waals surface area contributed by atoms with Crippen molar-refractivity contribution in [2.75, 3.05) is 19.7 Å². The Balaban J connectivity index is 2.00. The topological polar surface area (TPSA) is 49.2 Å². The van der Waals surface area contributed by atoms with E-state index in [4.69, 9.17) is 5.11 Å². The molecule has 1 aromatic heterocycles. The van der Waals surface area contributed by atoms with Gasteiger partial charge in [-0.3, -0.25) is 14.9 Å². The molecular formula is C11H17N3O. The Labute approximate surface area is 90.0 Å². The average molecular weight is 207 g/mol. The maximum Gasteiger partial charge on any atom is 0.0755 e. The van der Waals surface area contributed by atoms with E-state index in [-0.39, 0.29) is 0 Å². The molecule has 0 radical (unpaired) electrons. The van der Waals surface area contributed by atoms with Crippen LogP contribution in [0.1, 0.15) is 25.1 Å². The molecule has 1 aliphatic heterocycles. The van der Waals surface area contributed by atoms with Crippen molar-refractivity contribution in [1.82, 2.24) is 14.9 Å². The van der Waals surface area contributed by atoms with Crippen LogP contribution in [0, 0.1) is 5.92 Å². The highest BCUT2D eigenvalue weighted by molar-refractivity contribution is 5.02. The van der Waals surface area contributed by atoms with Crippen molar-refractivity contribution in [1.29, 1.82) is 0 Å². The van der Waals surface area contributed by atoms with Crippen molar-refractivity contribution < 1.29 is 5.11 Å². The van der Waals surface area contributed by atoms with Crippen molar-refractivity contribution in [2.24, 2.45) is 5.92 Å². The third-order valence-corrected chi connectivity index (χ3v) is 3.13. The van der Waals surface area contributed by atoms with Gasteiger partial charge in [-0.05, 0) is 25.8 Å². The zero-order valence-electron chi connectivity index (χ0n) is 9.00. The maximum atomic E-state index is 9.08. The van der Waals surface area contributed by atoms with Crippen LogP contribution in [0.2, 0.25) is 0 Å². The fourth-order valence-corrected chi connectivity index (χ4v) is 2.08. The molecule has 1 aromatic rings. The molecule has 2 heterocycles. The summed E-state index contributed by atoms with van der Waals surface area (Å²) < 4.78 is 0. The monoisotopic (exact) mass is 207 g/mol. The summed E-state index contributed by atoms with van der Waals surface area (Å²) in [5.41, 5.74) is 1.01. The molecule has 15 heavy (non-hydrogen) atoms. The third-order valence-electron chi connectivity index (χ3n) is 3.13. The highest BCUT2D eigenvalue weighted by Gasteiger charge is 2.26. The average Bonchev–Trinajstić information content (AvgIpc) is 2.78. The van der Waals surface area contributed by atoms with Crippen molar-refractivity contribution in [3.63, 3.8) is 0 Å². The van der Waals surface area contributed by atoms with Gasteiger partial charge in [0, 0.05) is 31.7 Å². The molecule has 1 aliphatic rings. The Hall–Kier alpha value is -1.00. The summed E-state index contributed by atoms with van der Waals surface area (Å²) in [6.07, 6.45) is 6.32. The van der Waals surface area contributed by atoms with E-state index >= 15 is 0 Å². The lowest BCUT2D eigenvalue weighted by molar-refractivity contribution is 0.203. The van der Waals surface area contributed by atoms with Gasteiger partial charge < -0.3 is 5.11 Å². The van der Waals surface area contributed by atoms with Crippen molar-refractivity contribution in [2.45, 2.75) is 19.4 Å². The Bertz CT molecular complexity index is 304. The number of aromatic nitrogens is 2. The summed E-state index contributed by atoms with van der Waals surface area (Å²) in [5, 5.41) is 9.08. The molecule has 2 atom stereocenters. The molecule has 2 rings (SSSR count). The normalized spacial score (nSPS) is 24.3. The smallest absolute Gasteiger partial charge is 0.0755 e. The van der Waals surface area contributed by atoms with E-state index in [1.807, 2.05) is 6.20 Å². The van der Waals surface area contributed by atoms with Gasteiger partial charge in [0.05, 0.1) is 11.7 Å². The molecule has 0 aliphatic carbocycles. The minimum Gasteiger partial charge on any atom is -0.396 e. The fraction of sp³-hybridized carbons (Fsp3) is 0.636. The molecule has 0 saturated carbocycles. The number of nitrogens with zero attached hydrogens (tertiary/aromatic N) is 3. The second kappa shape index (κ2) is 4.68. The Kier molecular flexibility index (Phi) is 3.28. The molecule has 1 N–H and O–H groups in total. The van der Waals surface area contributed by atoms with Crippen LogP contribution in [0.5, 0.6) is 0 Å². The van der Waals surface area contributed by atoms with Crippen LogP contribution in [0.25, 0.3) is 0 Å². The summed E-state index contributed by atoms with van der Waals surface area (Å²) in [6, 6.07) is 0.301. The number of hydrogen-bond donors (Lipinski definition) is 1. The van der Waals surface area contributed by atoms with Crippen molar-refractivity contribution in [3.8, 4) is 0 Å². The first-order valence-corrected chi connectivity index (χ1v) is 5.42. The van der Waals surface area contributed by atoms with Crippen LogP contribution in [-0.4, -0.2) is 39.7 Å². The molecule has 0 bridgehead atoms. The second-order valence-corrected chi connectivity index (χ2v) is 4.14. The summed E-state index contributed by atoms with van der Waals surface area (Å²) in [6.45, 7) is 4.45. The zero-order chi connectivity index (χ0) is 10.7. The second-order valence-electron chi connectivity index (χ2n) is 4.14. The quantitative estimate of drug-likeness (QED) is 0.798. The van der Waals surface area contributed by atoms with Gasteiger partial charge in [-0.25, -0.2) is 0 Å². The predicted octanol–water partition coefficient (Wildman–Crippen LogP) is 0.852. The van der Waals surface area contributed by atoms with Crippen molar-refractivity contribution in [3.05, 3.63) is 24.3 Å².